The molecule has 0 aliphatic carbocycles. The number of carbonyl (C=O) groups excluding carboxylic acids is 1. The molecule has 1 aromatic rings. The number of nitrogens with one attached hydrogen (secondary N) is 2. The number of hydrogen-bond acceptors (Lipinski definition) is 4. The minimum Gasteiger partial charge on any atom is -0.476 e. The summed E-state index contributed by atoms with van der Waals surface area (Å²) in [6.07, 6.45) is 0.848. The topological polar surface area (TPSA) is 91.3 Å². The number of anilines is 1. The Morgan fingerprint density at radius 3 is 2.74 bits per heavy atom. The van der Waals surface area contributed by atoms with E-state index in [4.69, 9.17) is 16.7 Å². The Morgan fingerprint density at radius 1 is 1.47 bits per heavy atom. The molecule has 0 fully saturated rings. The van der Waals surface area contributed by atoms with Crippen molar-refractivity contribution >= 4 is 29.3 Å². The van der Waals surface area contributed by atoms with Crippen LogP contribution in [0.5, 0.6) is 0 Å². The molecule has 0 saturated heterocycles. The predicted octanol–water partition coefficient (Wildman–Crippen LogP) is 1.76. The summed E-state index contributed by atoms with van der Waals surface area (Å²) in [7, 11) is 0. The highest BCUT2D eigenvalue weighted by molar-refractivity contribution is 6.33. The van der Waals surface area contributed by atoms with Crippen LogP contribution in [-0.2, 0) is 4.79 Å². The molecular formula is C12H16ClN3O3. The normalized spacial score (nSPS) is 11.7. The van der Waals surface area contributed by atoms with E-state index in [2.05, 4.69) is 15.6 Å². The largest absolute Gasteiger partial charge is 0.476 e. The number of carboxylic acid groups (broad SMARTS) is 1. The van der Waals surface area contributed by atoms with Gasteiger partial charge in [0.1, 0.15) is 11.9 Å². The van der Waals surface area contributed by atoms with E-state index < -0.39 is 12.0 Å². The summed E-state index contributed by atoms with van der Waals surface area (Å²) in [6.45, 7) is 4.22. The lowest BCUT2D eigenvalue weighted by molar-refractivity contribution is -0.121. The van der Waals surface area contributed by atoms with Gasteiger partial charge in [-0.1, -0.05) is 18.5 Å². The number of carboxylic acids is 1. The highest BCUT2D eigenvalue weighted by atomic mass is 35.5. The van der Waals surface area contributed by atoms with Crippen LogP contribution >= 0.6 is 11.6 Å². The van der Waals surface area contributed by atoms with Crippen LogP contribution in [-0.4, -0.2) is 34.6 Å². The van der Waals surface area contributed by atoms with Crippen LogP contribution in [0.3, 0.4) is 0 Å². The lowest BCUT2D eigenvalue weighted by Gasteiger charge is -2.14. The first-order chi connectivity index (χ1) is 8.95. The average Bonchev–Trinajstić information content (AvgIpc) is 2.37. The van der Waals surface area contributed by atoms with Crippen molar-refractivity contribution in [3.8, 4) is 0 Å². The monoisotopic (exact) mass is 285 g/mol. The van der Waals surface area contributed by atoms with Gasteiger partial charge in [-0.2, -0.15) is 0 Å². The molecule has 1 aromatic heterocycles. The molecule has 1 heterocycles. The molecule has 0 spiro atoms. The fourth-order valence-electron chi connectivity index (χ4n) is 1.36. The zero-order chi connectivity index (χ0) is 14.4. The summed E-state index contributed by atoms with van der Waals surface area (Å²) in [5.41, 5.74) is -0.243. The van der Waals surface area contributed by atoms with Crippen molar-refractivity contribution in [1.82, 2.24) is 10.3 Å². The first-order valence-corrected chi connectivity index (χ1v) is 6.27. The van der Waals surface area contributed by atoms with Gasteiger partial charge in [0.25, 0.3) is 0 Å². The first kappa shape index (κ1) is 15.2. The van der Waals surface area contributed by atoms with Gasteiger partial charge in [-0.25, -0.2) is 9.78 Å². The van der Waals surface area contributed by atoms with Crippen LogP contribution in [0.25, 0.3) is 0 Å². The van der Waals surface area contributed by atoms with E-state index in [-0.39, 0.29) is 16.6 Å². The number of pyridine rings is 1. The van der Waals surface area contributed by atoms with Gasteiger partial charge in [-0.05, 0) is 25.5 Å². The third-order valence-electron chi connectivity index (χ3n) is 2.36. The molecule has 0 aliphatic heterocycles. The van der Waals surface area contributed by atoms with Gasteiger partial charge in [0.05, 0.1) is 5.02 Å². The second kappa shape index (κ2) is 6.94. The third-order valence-corrected chi connectivity index (χ3v) is 2.66. The Labute approximate surface area is 116 Å². The van der Waals surface area contributed by atoms with Crippen LogP contribution in [0.1, 0.15) is 30.8 Å². The van der Waals surface area contributed by atoms with Crippen molar-refractivity contribution in [3.63, 3.8) is 0 Å². The molecule has 1 amide bonds. The van der Waals surface area contributed by atoms with Crippen molar-refractivity contribution in [2.45, 2.75) is 26.3 Å². The molecule has 0 radical (unpaired) electrons. The Balaban J connectivity index is 2.74. The first-order valence-electron chi connectivity index (χ1n) is 5.89. The Kier molecular flexibility index (Phi) is 5.57. The molecule has 104 valence electrons. The standard InChI is InChI=1S/C12H16ClN3O3/c1-3-6-14-11(17)7(2)15-9-5-4-8(13)10(16-9)12(18)19/h4-5,7H,3,6H2,1-2H3,(H,14,17)(H,15,16)(H,18,19). The van der Waals surface area contributed by atoms with E-state index in [9.17, 15) is 9.59 Å². The number of aromatic nitrogens is 1. The molecule has 19 heavy (non-hydrogen) atoms. The lowest BCUT2D eigenvalue weighted by Crippen LogP contribution is -2.38. The maximum Gasteiger partial charge on any atom is 0.356 e. The SMILES string of the molecule is CCCNC(=O)C(C)Nc1ccc(Cl)c(C(=O)O)n1. The molecule has 0 saturated carbocycles. The fourth-order valence-corrected chi connectivity index (χ4v) is 1.55. The molecule has 0 aliphatic rings. The highest BCUT2D eigenvalue weighted by Crippen LogP contribution is 2.17. The smallest absolute Gasteiger partial charge is 0.356 e. The van der Waals surface area contributed by atoms with Gasteiger partial charge in [0, 0.05) is 6.54 Å². The van der Waals surface area contributed by atoms with Crippen molar-refractivity contribution in [1.29, 1.82) is 0 Å². The summed E-state index contributed by atoms with van der Waals surface area (Å²) < 4.78 is 0. The Bertz CT molecular complexity index is 479. The second-order valence-electron chi connectivity index (χ2n) is 3.99. The minimum atomic E-state index is -1.21. The maximum atomic E-state index is 11.6. The third kappa shape index (κ3) is 4.40. The van der Waals surface area contributed by atoms with E-state index >= 15 is 0 Å². The van der Waals surface area contributed by atoms with Crippen molar-refractivity contribution < 1.29 is 14.7 Å². The highest BCUT2D eigenvalue weighted by Gasteiger charge is 2.15. The van der Waals surface area contributed by atoms with E-state index in [0.29, 0.717) is 12.4 Å². The van der Waals surface area contributed by atoms with E-state index in [1.807, 2.05) is 6.92 Å². The van der Waals surface area contributed by atoms with Crippen molar-refractivity contribution in [2.75, 3.05) is 11.9 Å². The molecule has 7 heteroatoms. The number of halogens is 1. The minimum absolute atomic E-state index is 0.0566. The molecule has 0 bridgehead atoms. The van der Waals surface area contributed by atoms with E-state index in [0.717, 1.165) is 6.42 Å². The molecule has 0 aromatic carbocycles. The molecule has 1 unspecified atom stereocenters. The number of aromatic carboxylic acids is 1. The quantitative estimate of drug-likeness (QED) is 0.741. The van der Waals surface area contributed by atoms with Gasteiger partial charge in [-0.3, -0.25) is 4.79 Å². The van der Waals surface area contributed by atoms with Gasteiger partial charge >= 0.3 is 5.97 Å². The van der Waals surface area contributed by atoms with Crippen LogP contribution in [0, 0.1) is 0 Å². The van der Waals surface area contributed by atoms with Crippen molar-refractivity contribution in [2.24, 2.45) is 0 Å². The van der Waals surface area contributed by atoms with Crippen molar-refractivity contribution in [3.05, 3.63) is 22.8 Å². The van der Waals surface area contributed by atoms with Crippen LogP contribution < -0.4 is 10.6 Å². The number of carbonyl (C=O) groups is 2. The van der Waals surface area contributed by atoms with E-state index in [1.165, 1.54) is 12.1 Å². The molecular weight excluding hydrogens is 270 g/mol. The van der Waals surface area contributed by atoms with Gasteiger partial charge < -0.3 is 15.7 Å². The second-order valence-corrected chi connectivity index (χ2v) is 4.40. The average molecular weight is 286 g/mol. The summed E-state index contributed by atoms with van der Waals surface area (Å²) >= 11 is 5.71. The summed E-state index contributed by atoms with van der Waals surface area (Å²) in [5.74, 6) is -1.09. The van der Waals surface area contributed by atoms with Crippen LogP contribution in [0.4, 0.5) is 5.82 Å². The molecule has 1 rings (SSSR count). The summed E-state index contributed by atoms with van der Waals surface area (Å²) in [5, 5.41) is 14.5. The predicted molar refractivity (Wildman–Crippen MR) is 72.6 cm³/mol. The zero-order valence-electron chi connectivity index (χ0n) is 10.7. The number of rotatable bonds is 6. The van der Waals surface area contributed by atoms with Gasteiger partial charge in [0.2, 0.25) is 5.91 Å². The molecule has 6 nitrogen and oxygen atoms in total. The zero-order valence-corrected chi connectivity index (χ0v) is 11.5. The molecule has 3 N–H and O–H groups in total. The lowest BCUT2D eigenvalue weighted by atomic mass is 10.3. The Morgan fingerprint density at radius 2 is 2.16 bits per heavy atom. The molecule has 1 atom stereocenters. The number of hydrogen-bond donors (Lipinski definition) is 3. The number of nitrogens with zero attached hydrogens (tertiary/aromatic N) is 1. The number of amides is 1. The Hall–Kier alpha value is -1.82. The summed E-state index contributed by atoms with van der Waals surface area (Å²) in [4.78, 5) is 26.4. The van der Waals surface area contributed by atoms with Crippen LogP contribution in [0.2, 0.25) is 5.02 Å². The van der Waals surface area contributed by atoms with Gasteiger partial charge in [0.15, 0.2) is 5.69 Å². The van der Waals surface area contributed by atoms with Crippen LogP contribution in [0.15, 0.2) is 12.1 Å². The fraction of sp³-hybridized carbons (Fsp3) is 0.417. The maximum absolute atomic E-state index is 11.6. The van der Waals surface area contributed by atoms with Gasteiger partial charge in [-0.15, -0.1) is 0 Å². The van der Waals surface area contributed by atoms with E-state index in [1.54, 1.807) is 6.92 Å². The summed E-state index contributed by atoms with van der Waals surface area (Å²) in [6, 6.07) is 2.44.